The number of rotatable bonds is 4. The minimum atomic E-state index is -0.180. The zero-order valence-electron chi connectivity index (χ0n) is 12.7. The minimum Gasteiger partial charge on any atom is -0.408 e. The maximum atomic E-state index is 11.2. The summed E-state index contributed by atoms with van der Waals surface area (Å²) in [5.74, 6) is 0.482. The van der Waals surface area contributed by atoms with E-state index >= 15 is 0 Å². The summed E-state index contributed by atoms with van der Waals surface area (Å²) >= 11 is 0. The van der Waals surface area contributed by atoms with Crippen molar-refractivity contribution in [1.29, 1.82) is 0 Å². The van der Waals surface area contributed by atoms with Crippen LogP contribution in [0.3, 0.4) is 0 Å². The van der Waals surface area contributed by atoms with Crippen molar-refractivity contribution in [3.8, 4) is 0 Å². The topological polar surface area (TPSA) is 80.0 Å². The summed E-state index contributed by atoms with van der Waals surface area (Å²) in [7, 11) is 0. The fraction of sp³-hybridized carbons (Fsp3) is 0.400. The van der Waals surface area contributed by atoms with E-state index < -0.39 is 0 Å². The average molecular weight is 288 g/mol. The molecule has 0 spiro atoms. The van der Waals surface area contributed by atoms with Crippen molar-refractivity contribution in [2.45, 2.75) is 39.7 Å². The molecule has 0 atom stereocenters. The second-order valence-electron chi connectivity index (χ2n) is 5.85. The smallest absolute Gasteiger partial charge is 0.315 e. The van der Waals surface area contributed by atoms with Gasteiger partial charge in [-0.15, -0.1) is 5.10 Å². The van der Waals surface area contributed by atoms with Crippen LogP contribution in [0.1, 0.15) is 39.1 Å². The molecule has 1 amide bonds. The molecular formula is C15H20N4O2. The van der Waals surface area contributed by atoms with Crippen molar-refractivity contribution in [1.82, 2.24) is 10.2 Å². The summed E-state index contributed by atoms with van der Waals surface area (Å²) in [6.45, 7) is 8.00. The fourth-order valence-electron chi connectivity index (χ4n) is 1.75. The van der Waals surface area contributed by atoms with Crippen LogP contribution in [0.4, 0.5) is 11.7 Å². The molecule has 0 aliphatic heterocycles. The van der Waals surface area contributed by atoms with E-state index in [1.807, 2.05) is 45.0 Å². The van der Waals surface area contributed by atoms with Crippen LogP contribution in [0.5, 0.6) is 0 Å². The van der Waals surface area contributed by atoms with Crippen molar-refractivity contribution in [3.05, 3.63) is 35.7 Å². The van der Waals surface area contributed by atoms with Gasteiger partial charge in [-0.1, -0.05) is 44.1 Å². The van der Waals surface area contributed by atoms with Crippen LogP contribution in [0, 0.1) is 0 Å². The molecule has 2 N–H and O–H groups in total. The zero-order valence-corrected chi connectivity index (χ0v) is 12.7. The van der Waals surface area contributed by atoms with Crippen LogP contribution in [-0.2, 0) is 16.8 Å². The van der Waals surface area contributed by atoms with Gasteiger partial charge in [0.2, 0.25) is 11.8 Å². The molecule has 0 fully saturated rings. The van der Waals surface area contributed by atoms with Crippen molar-refractivity contribution in [2.24, 2.45) is 0 Å². The standard InChI is InChI=1S/C15H20N4O2/c1-10(20)17-12-8-6-5-7-11(12)9-16-14-19-18-13(21-14)15(2,3)4/h5-8H,9H2,1-4H3,(H,16,19)(H,17,20). The second-order valence-corrected chi connectivity index (χ2v) is 5.85. The Morgan fingerprint density at radius 3 is 2.57 bits per heavy atom. The first-order valence-electron chi connectivity index (χ1n) is 6.79. The molecule has 6 nitrogen and oxygen atoms in total. The van der Waals surface area contributed by atoms with Crippen LogP contribution < -0.4 is 10.6 Å². The molecule has 0 radical (unpaired) electrons. The third-order valence-electron chi connectivity index (χ3n) is 2.82. The first kappa shape index (κ1) is 15.0. The van der Waals surface area contributed by atoms with Gasteiger partial charge in [0.15, 0.2) is 0 Å². The molecule has 1 aromatic heterocycles. The van der Waals surface area contributed by atoms with E-state index in [1.54, 1.807) is 0 Å². The molecule has 0 bridgehead atoms. The van der Waals surface area contributed by atoms with Gasteiger partial charge < -0.3 is 15.1 Å². The average Bonchev–Trinajstić information content (AvgIpc) is 2.86. The molecule has 0 aliphatic carbocycles. The Hall–Kier alpha value is -2.37. The molecule has 0 aliphatic rings. The number of hydrogen-bond acceptors (Lipinski definition) is 5. The fourth-order valence-corrected chi connectivity index (χ4v) is 1.75. The molecule has 21 heavy (non-hydrogen) atoms. The van der Waals surface area contributed by atoms with E-state index in [2.05, 4.69) is 20.8 Å². The minimum absolute atomic E-state index is 0.102. The Bertz CT molecular complexity index is 629. The predicted octanol–water partition coefficient (Wildman–Crippen LogP) is 2.94. The number of carbonyl (C=O) groups excluding carboxylic acids is 1. The van der Waals surface area contributed by atoms with E-state index in [0.29, 0.717) is 18.5 Å². The Morgan fingerprint density at radius 1 is 1.24 bits per heavy atom. The zero-order chi connectivity index (χ0) is 15.5. The normalized spacial score (nSPS) is 11.2. The first-order chi connectivity index (χ1) is 9.86. The lowest BCUT2D eigenvalue weighted by Crippen LogP contribution is -2.11. The summed E-state index contributed by atoms with van der Waals surface area (Å²) in [5.41, 5.74) is 1.54. The van der Waals surface area contributed by atoms with Gasteiger partial charge in [-0.25, -0.2) is 0 Å². The van der Waals surface area contributed by atoms with Crippen molar-refractivity contribution in [2.75, 3.05) is 10.6 Å². The molecule has 0 saturated heterocycles. The second kappa shape index (κ2) is 5.95. The molecule has 6 heteroatoms. The Balaban J connectivity index is 2.06. The molecule has 0 saturated carbocycles. The third kappa shape index (κ3) is 4.05. The molecule has 0 unspecified atom stereocenters. The lowest BCUT2D eigenvalue weighted by molar-refractivity contribution is -0.114. The number of hydrogen-bond donors (Lipinski definition) is 2. The molecular weight excluding hydrogens is 268 g/mol. The molecule has 112 valence electrons. The molecule has 2 aromatic rings. The maximum absolute atomic E-state index is 11.2. The number of aromatic nitrogens is 2. The largest absolute Gasteiger partial charge is 0.408 e. The van der Waals surface area contributed by atoms with Crippen LogP contribution in [0.25, 0.3) is 0 Å². The van der Waals surface area contributed by atoms with E-state index in [4.69, 9.17) is 4.42 Å². The number of benzene rings is 1. The summed E-state index contributed by atoms with van der Waals surface area (Å²) in [5, 5.41) is 13.9. The van der Waals surface area contributed by atoms with E-state index in [9.17, 15) is 4.79 Å². The predicted molar refractivity (Wildman–Crippen MR) is 81.1 cm³/mol. The summed E-state index contributed by atoms with van der Waals surface area (Å²) in [6.07, 6.45) is 0. The van der Waals surface area contributed by atoms with Crippen LogP contribution in [0.2, 0.25) is 0 Å². The van der Waals surface area contributed by atoms with Crippen molar-refractivity contribution >= 4 is 17.6 Å². The number of nitrogens with zero attached hydrogens (tertiary/aromatic N) is 2. The highest BCUT2D eigenvalue weighted by molar-refractivity contribution is 5.89. The number of para-hydroxylation sites is 1. The van der Waals surface area contributed by atoms with Gasteiger partial charge in [0.1, 0.15) is 0 Å². The van der Waals surface area contributed by atoms with E-state index in [-0.39, 0.29) is 11.3 Å². The highest BCUT2D eigenvalue weighted by atomic mass is 16.4. The highest BCUT2D eigenvalue weighted by Crippen LogP contribution is 2.22. The van der Waals surface area contributed by atoms with Gasteiger partial charge in [-0.05, 0) is 11.6 Å². The van der Waals surface area contributed by atoms with Gasteiger partial charge in [0, 0.05) is 24.6 Å². The summed E-state index contributed by atoms with van der Waals surface area (Å²) in [6, 6.07) is 7.94. The summed E-state index contributed by atoms with van der Waals surface area (Å²) < 4.78 is 5.57. The summed E-state index contributed by atoms with van der Waals surface area (Å²) in [4.78, 5) is 11.2. The van der Waals surface area contributed by atoms with Crippen LogP contribution in [-0.4, -0.2) is 16.1 Å². The lowest BCUT2D eigenvalue weighted by atomic mass is 9.97. The maximum Gasteiger partial charge on any atom is 0.315 e. The van der Waals surface area contributed by atoms with Gasteiger partial charge in [0.05, 0.1) is 0 Å². The van der Waals surface area contributed by atoms with E-state index in [0.717, 1.165) is 11.3 Å². The van der Waals surface area contributed by atoms with Crippen LogP contribution in [0.15, 0.2) is 28.7 Å². The molecule has 1 aromatic carbocycles. The van der Waals surface area contributed by atoms with Gasteiger partial charge >= 0.3 is 6.01 Å². The van der Waals surface area contributed by atoms with Gasteiger partial charge in [0.25, 0.3) is 0 Å². The third-order valence-corrected chi connectivity index (χ3v) is 2.82. The lowest BCUT2D eigenvalue weighted by Gasteiger charge is -2.11. The molecule has 2 rings (SSSR count). The number of nitrogens with one attached hydrogen (secondary N) is 2. The first-order valence-corrected chi connectivity index (χ1v) is 6.79. The van der Waals surface area contributed by atoms with Crippen LogP contribution >= 0.6 is 0 Å². The monoisotopic (exact) mass is 288 g/mol. The van der Waals surface area contributed by atoms with Crippen molar-refractivity contribution in [3.63, 3.8) is 0 Å². The highest BCUT2D eigenvalue weighted by Gasteiger charge is 2.21. The Kier molecular flexibility index (Phi) is 4.26. The number of amides is 1. The van der Waals surface area contributed by atoms with Gasteiger partial charge in [-0.3, -0.25) is 4.79 Å². The van der Waals surface area contributed by atoms with Crippen molar-refractivity contribution < 1.29 is 9.21 Å². The van der Waals surface area contributed by atoms with E-state index in [1.165, 1.54) is 6.92 Å². The number of carbonyl (C=O) groups is 1. The van der Waals surface area contributed by atoms with Gasteiger partial charge in [-0.2, -0.15) is 0 Å². The SMILES string of the molecule is CC(=O)Nc1ccccc1CNc1nnc(C(C)(C)C)o1. The quantitative estimate of drug-likeness (QED) is 0.904. The molecule has 1 heterocycles. The Labute approximate surface area is 124 Å². The Morgan fingerprint density at radius 2 is 1.95 bits per heavy atom. The number of anilines is 2.